The fourth-order valence-corrected chi connectivity index (χ4v) is 3.22. The van der Waals surface area contributed by atoms with Crippen LogP contribution in [0.25, 0.3) is 0 Å². The molecule has 0 aliphatic carbocycles. The van der Waals surface area contributed by atoms with Gasteiger partial charge in [0, 0.05) is 22.7 Å². The Morgan fingerprint density at radius 2 is 1.50 bits per heavy atom. The average Bonchev–Trinajstić information content (AvgIpc) is 2.88. The van der Waals surface area contributed by atoms with Crippen molar-refractivity contribution in [3.8, 4) is 11.5 Å². The van der Waals surface area contributed by atoms with Crippen LogP contribution in [-0.4, -0.2) is 30.3 Å². The van der Waals surface area contributed by atoms with Gasteiger partial charge in [-0.15, -0.1) is 0 Å². The Hall–Kier alpha value is -4.08. The third kappa shape index (κ3) is 8.61. The second kappa shape index (κ2) is 13.1. The number of amides is 3. The number of benzene rings is 3. The molecule has 3 aromatic carbocycles. The summed E-state index contributed by atoms with van der Waals surface area (Å²) in [6.07, 6.45) is -0.379. The van der Waals surface area contributed by atoms with Crippen LogP contribution in [-0.2, 0) is 19.1 Å². The molecule has 3 amide bonds. The normalized spacial score (nSPS) is 10.2. The van der Waals surface area contributed by atoms with E-state index >= 15 is 0 Å². The number of esters is 1. The molecule has 36 heavy (non-hydrogen) atoms. The first-order chi connectivity index (χ1) is 17.3. The van der Waals surface area contributed by atoms with E-state index in [1.54, 1.807) is 72.8 Å². The number of carbonyl (C=O) groups excluding carboxylic acids is 4. The number of hydrazine groups is 1. The third-order valence-electron chi connectivity index (χ3n) is 4.53. The maximum atomic E-state index is 12.1. The van der Waals surface area contributed by atoms with Gasteiger partial charge in [0.25, 0.3) is 11.8 Å². The van der Waals surface area contributed by atoms with E-state index in [0.29, 0.717) is 32.8 Å². The lowest BCUT2D eigenvalue weighted by Gasteiger charge is -2.10. The van der Waals surface area contributed by atoms with Crippen molar-refractivity contribution in [2.24, 2.45) is 0 Å². The highest BCUT2D eigenvalue weighted by atomic mass is 35.5. The lowest BCUT2D eigenvalue weighted by molar-refractivity contribution is -0.149. The van der Waals surface area contributed by atoms with Gasteiger partial charge in [0.2, 0.25) is 5.91 Å². The molecule has 0 aromatic heterocycles. The molecule has 0 unspecified atom stereocenters. The number of halogens is 2. The molecular weight excluding hydrogens is 509 g/mol. The van der Waals surface area contributed by atoms with Crippen molar-refractivity contribution in [2.75, 3.05) is 11.9 Å². The molecule has 0 heterocycles. The van der Waals surface area contributed by atoms with Crippen LogP contribution in [0.15, 0.2) is 72.8 Å². The molecule has 0 aliphatic rings. The highest BCUT2D eigenvalue weighted by Gasteiger charge is 2.12. The maximum Gasteiger partial charge on any atom is 0.306 e. The molecule has 0 atom stereocenters. The predicted octanol–water partition coefficient (Wildman–Crippen LogP) is 4.51. The molecule has 0 fully saturated rings. The van der Waals surface area contributed by atoms with Crippen molar-refractivity contribution < 1.29 is 28.7 Å². The van der Waals surface area contributed by atoms with Crippen LogP contribution in [0.3, 0.4) is 0 Å². The van der Waals surface area contributed by atoms with Crippen LogP contribution in [0.4, 0.5) is 5.69 Å². The number of ether oxygens (including phenoxy) is 2. The minimum Gasteiger partial charge on any atom is -0.456 e. The lowest BCUT2D eigenvalue weighted by atomic mass is 10.2. The molecule has 3 rings (SSSR count). The van der Waals surface area contributed by atoms with Crippen molar-refractivity contribution >= 4 is 52.6 Å². The largest absolute Gasteiger partial charge is 0.456 e. The second-order valence-electron chi connectivity index (χ2n) is 7.28. The lowest BCUT2D eigenvalue weighted by Crippen LogP contribution is -2.43. The maximum absolute atomic E-state index is 12.1. The summed E-state index contributed by atoms with van der Waals surface area (Å²) < 4.78 is 10.5. The Kier molecular flexibility index (Phi) is 9.67. The number of nitrogens with one attached hydrogen (secondary N) is 3. The zero-order valence-electron chi connectivity index (χ0n) is 18.8. The molecular formula is C25H21Cl2N3O6. The number of hydrogen-bond acceptors (Lipinski definition) is 6. The highest BCUT2D eigenvalue weighted by molar-refractivity contribution is 6.35. The van der Waals surface area contributed by atoms with Crippen molar-refractivity contribution in [3.05, 3.63) is 88.4 Å². The summed E-state index contributed by atoms with van der Waals surface area (Å²) in [5.41, 5.74) is 5.20. The molecule has 0 radical (unpaired) electrons. The van der Waals surface area contributed by atoms with E-state index < -0.39 is 30.3 Å². The number of carbonyl (C=O) groups is 4. The van der Waals surface area contributed by atoms with Gasteiger partial charge >= 0.3 is 5.97 Å². The summed E-state index contributed by atoms with van der Waals surface area (Å²) in [4.78, 5) is 47.5. The zero-order valence-corrected chi connectivity index (χ0v) is 20.3. The zero-order chi connectivity index (χ0) is 25.9. The van der Waals surface area contributed by atoms with Gasteiger partial charge in [-0.3, -0.25) is 30.0 Å². The van der Waals surface area contributed by atoms with E-state index in [9.17, 15) is 19.2 Å². The monoisotopic (exact) mass is 529 g/mol. The quantitative estimate of drug-likeness (QED) is 0.277. The molecule has 186 valence electrons. The standard InChI is InChI=1S/C25H21Cl2N3O6/c26-17-6-11-21(20(27)14-17)36-19-9-7-18(8-10-19)28-22(31)12-13-24(33)35-15-23(32)29-30-25(34)16-4-2-1-3-5-16/h1-11,14H,12-13,15H2,(H,28,31)(H,29,32)(H,30,34). The molecule has 3 aromatic rings. The van der Waals surface area contributed by atoms with Gasteiger partial charge in [-0.2, -0.15) is 0 Å². The van der Waals surface area contributed by atoms with Crippen molar-refractivity contribution in [2.45, 2.75) is 12.8 Å². The smallest absolute Gasteiger partial charge is 0.306 e. The molecule has 9 nitrogen and oxygen atoms in total. The Morgan fingerprint density at radius 1 is 0.778 bits per heavy atom. The van der Waals surface area contributed by atoms with Gasteiger partial charge in [-0.25, -0.2) is 0 Å². The van der Waals surface area contributed by atoms with Gasteiger partial charge < -0.3 is 14.8 Å². The SMILES string of the molecule is O=C(COC(=O)CCC(=O)Nc1ccc(Oc2ccc(Cl)cc2Cl)cc1)NNC(=O)c1ccccc1. The van der Waals surface area contributed by atoms with Crippen molar-refractivity contribution in [1.29, 1.82) is 0 Å². The molecule has 11 heteroatoms. The fraction of sp³-hybridized carbons (Fsp3) is 0.120. The van der Waals surface area contributed by atoms with Gasteiger partial charge in [0.1, 0.15) is 11.5 Å². The van der Waals surface area contributed by atoms with Gasteiger partial charge in [0.05, 0.1) is 11.4 Å². The summed E-state index contributed by atoms with van der Waals surface area (Å²) in [6, 6.07) is 19.7. The summed E-state index contributed by atoms with van der Waals surface area (Å²) in [5, 5.41) is 3.50. The van der Waals surface area contributed by atoms with Crippen LogP contribution in [0, 0.1) is 0 Å². The second-order valence-corrected chi connectivity index (χ2v) is 8.12. The predicted molar refractivity (Wildman–Crippen MR) is 134 cm³/mol. The minimum absolute atomic E-state index is 0.149. The van der Waals surface area contributed by atoms with E-state index in [-0.39, 0.29) is 12.8 Å². The van der Waals surface area contributed by atoms with Gasteiger partial charge in [0.15, 0.2) is 6.61 Å². The Labute approximate surface area is 216 Å². The molecule has 0 bridgehead atoms. The first-order valence-electron chi connectivity index (χ1n) is 10.6. The van der Waals surface area contributed by atoms with Crippen molar-refractivity contribution in [3.63, 3.8) is 0 Å². The third-order valence-corrected chi connectivity index (χ3v) is 5.06. The molecule has 0 saturated heterocycles. The van der Waals surface area contributed by atoms with Crippen LogP contribution in [0.1, 0.15) is 23.2 Å². The van der Waals surface area contributed by atoms with E-state index in [2.05, 4.69) is 16.2 Å². The van der Waals surface area contributed by atoms with E-state index in [1.165, 1.54) is 0 Å². The fourth-order valence-electron chi connectivity index (χ4n) is 2.77. The van der Waals surface area contributed by atoms with E-state index in [1.807, 2.05) is 0 Å². The van der Waals surface area contributed by atoms with Crippen LogP contribution >= 0.6 is 23.2 Å². The minimum atomic E-state index is -0.738. The molecule has 0 aliphatic heterocycles. The Morgan fingerprint density at radius 3 is 2.19 bits per heavy atom. The van der Waals surface area contributed by atoms with Crippen LogP contribution < -0.4 is 20.9 Å². The van der Waals surface area contributed by atoms with Gasteiger partial charge in [-0.05, 0) is 54.6 Å². The van der Waals surface area contributed by atoms with Crippen LogP contribution in [0.2, 0.25) is 10.0 Å². The first-order valence-corrected chi connectivity index (χ1v) is 11.4. The molecule has 3 N–H and O–H groups in total. The topological polar surface area (TPSA) is 123 Å². The van der Waals surface area contributed by atoms with Crippen molar-refractivity contribution in [1.82, 2.24) is 10.9 Å². The summed E-state index contributed by atoms with van der Waals surface area (Å²) >= 11 is 12.0. The Balaban J connectivity index is 1.34. The van der Waals surface area contributed by atoms with Gasteiger partial charge in [-0.1, -0.05) is 41.4 Å². The Bertz CT molecular complexity index is 1240. The number of anilines is 1. The average molecular weight is 530 g/mol. The number of rotatable bonds is 9. The van der Waals surface area contributed by atoms with E-state index in [0.717, 1.165) is 0 Å². The summed E-state index contributed by atoms with van der Waals surface area (Å²) in [7, 11) is 0. The number of hydrogen-bond donors (Lipinski definition) is 3. The van der Waals surface area contributed by atoms with Crippen LogP contribution in [0.5, 0.6) is 11.5 Å². The summed E-state index contributed by atoms with van der Waals surface area (Å²) in [5.74, 6) is -1.46. The molecule has 0 spiro atoms. The van der Waals surface area contributed by atoms with E-state index in [4.69, 9.17) is 32.7 Å². The first kappa shape index (κ1) is 26.5. The molecule has 0 saturated carbocycles. The summed E-state index contributed by atoms with van der Waals surface area (Å²) in [6.45, 7) is -0.603. The highest BCUT2D eigenvalue weighted by Crippen LogP contribution is 2.31.